The number of hydrogen-bond acceptors (Lipinski definition) is 6. The Bertz CT molecular complexity index is 1080. The smallest absolute Gasteiger partial charge is 0.358 e. The van der Waals surface area contributed by atoms with Gasteiger partial charge in [-0.1, -0.05) is 11.6 Å². The van der Waals surface area contributed by atoms with Crippen LogP contribution in [0.25, 0.3) is 5.69 Å². The maximum Gasteiger partial charge on any atom is 0.358 e. The third-order valence-electron chi connectivity index (χ3n) is 3.87. The van der Waals surface area contributed by atoms with Crippen molar-refractivity contribution in [1.29, 1.82) is 0 Å². The first-order valence-electron chi connectivity index (χ1n) is 8.47. The lowest BCUT2D eigenvalue weighted by Gasteiger charge is -2.08. The van der Waals surface area contributed by atoms with Gasteiger partial charge in [0.05, 0.1) is 27.8 Å². The van der Waals surface area contributed by atoms with Crippen LogP contribution in [0.2, 0.25) is 5.02 Å². The van der Waals surface area contributed by atoms with Gasteiger partial charge >= 0.3 is 5.97 Å². The molecule has 0 radical (unpaired) electrons. The van der Waals surface area contributed by atoms with Gasteiger partial charge in [0, 0.05) is 24.0 Å². The van der Waals surface area contributed by atoms with E-state index in [1.807, 2.05) is 0 Å². The van der Waals surface area contributed by atoms with E-state index in [4.69, 9.17) is 16.3 Å². The number of anilines is 1. The van der Waals surface area contributed by atoms with Crippen molar-refractivity contribution in [3.05, 3.63) is 81.1 Å². The second kappa shape index (κ2) is 8.53. The number of non-ortho nitro benzene ring substituents is 1. The van der Waals surface area contributed by atoms with Gasteiger partial charge in [-0.25, -0.2) is 9.48 Å². The first-order valence-corrected chi connectivity index (χ1v) is 8.85. The maximum atomic E-state index is 12.4. The van der Waals surface area contributed by atoms with Gasteiger partial charge in [-0.3, -0.25) is 14.9 Å². The number of nitrogens with zero attached hydrogens (tertiary/aromatic N) is 3. The highest BCUT2D eigenvalue weighted by atomic mass is 35.5. The van der Waals surface area contributed by atoms with Crippen LogP contribution in [0.4, 0.5) is 11.4 Å². The number of ether oxygens (including phenoxy) is 1. The quantitative estimate of drug-likeness (QED) is 0.372. The number of halogens is 1. The first kappa shape index (κ1) is 20.0. The Hall–Kier alpha value is -3.72. The van der Waals surface area contributed by atoms with Gasteiger partial charge in [-0.15, -0.1) is 0 Å². The second-order valence-corrected chi connectivity index (χ2v) is 6.20. The Morgan fingerprint density at radius 2 is 1.93 bits per heavy atom. The Morgan fingerprint density at radius 1 is 1.21 bits per heavy atom. The average molecular weight is 415 g/mol. The molecule has 2 aromatic carbocycles. The van der Waals surface area contributed by atoms with Gasteiger partial charge in [-0.05, 0) is 43.3 Å². The zero-order valence-corrected chi connectivity index (χ0v) is 15.9. The lowest BCUT2D eigenvalue weighted by Crippen LogP contribution is -2.13. The Morgan fingerprint density at radius 3 is 2.59 bits per heavy atom. The fraction of sp³-hybridized carbons (Fsp3) is 0.105. The Balaban J connectivity index is 1.74. The highest BCUT2D eigenvalue weighted by Crippen LogP contribution is 2.23. The van der Waals surface area contributed by atoms with Crippen LogP contribution in [0.15, 0.2) is 54.7 Å². The predicted molar refractivity (Wildman–Crippen MR) is 106 cm³/mol. The van der Waals surface area contributed by atoms with Crippen LogP contribution in [0.1, 0.15) is 27.8 Å². The number of aromatic nitrogens is 2. The number of carbonyl (C=O) groups excluding carboxylic acids is 2. The fourth-order valence-electron chi connectivity index (χ4n) is 2.48. The number of nitrogens with one attached hydrogen (secondary N) is 1. The van der Waals surface area contributed by atoms with Crippen molar-refractivity contribution in [2.75, 3.05) is 11.9 Å². The number of amides is 1. The maximum absolute atomic E-state index is 12.4. The highest BCUT2D eigenvalue weighted by molar-refractivity contribution is 6.34. The number of benzene rings is 2. The van der Waals surface area contributed by atoms with E-state index in [9.17, 15) is 19.7 Å². The van der Waals surface area contributed by atoms with Crippen LogP contribution in [0.3, 0.4) is 0 Å². The van der Waals surface area contributed by atoms with Crippen LogP contribution >= 0.6 is 11.6 Å². The number of carbonyl (C=O) groups is 2. The van der Waals surface area contributed by atoms with E-state index in [0.717, 1.165) is 6.07 Å². The summed E-state index contributed by atoms with van der Waals surface area (Å²) in [6.07, 6.45) is 1.61. The zero-order chi connectivity index (χ0) is 21.0. The molecule has 0 aliphatic rings. The van der Waals surface area contributed by atoms with Gasteiger partial charge < -0.3 is 10.1 Å². The topological polar surface area (TPSA) is 116 Å². The lowest BCUT2D eigenvalue weighted by atomic mass is 10.2. The molecular formula is C19H15ClN4O5. The molecule has 3 aromatic rings. The minimum absolute atomic E-state index is 0.00361. The summed E-state index contributed by atoms with van der Waals surface area (Å²) in [7, 11) is 0. The minimum Gasteiger partial charge on any atom is -0.461 e. The van der Waals surface area contributed by atoms with Gasteiger partial charge in [-0.2, -0.15) is 5.10 Å². The number of nitro groups is 1. The number of nitro benzene ring substituents is 1. The Labute approximate surface area is 170 Å². The molecule has 1 amide bonds. The van der Waals surface area contributed by atoms with Crippen molar-refractivity contribution in [3.8, 4) is 5.69 Å². The van der Waals surface area contributed by atoms with Gasteiger partial charge in [0.1, 0.15) is 0 Å². The normalized spacial score (nSPS) is 10.4. The van der Waals surface area contributed by atoms with Crippen LogP contribution in [-0.4, -0.2) is 33.2 Å². The molecule has 0 unspecified atom stereocenters. The zero-order valence-electron chi connectivity index (χ0n) is 15.2. The Kier molecular flexibility index (Phi) is 5.89. The minimum atomic E-state index is -0.601. The molecule has 10 heteroatoms. The molecular weight excluding hydrogens is 400 g/mol. The molecule has 0 saturated carbocycles. The molecule has 1 N–H and O–H groups in total. The highest BCUT2D eigenvalue weighted by Gasteiger charge is 2.16. The molecule has 0 bridgehead atoms. The van der Waals surface area contributed by atoms with E-state index in [-0.39, 0.29) is 28.6 Å². The van der Waals surface area contributed by atoms with E-state index >= 15 is 0 Å². The average Bonchev–Trinajstić information content (AvgIpc) is 3.19. The van der Waals surface area contributed by atoms with Crippen molar-refractivity contribution in [1.82, 2.24) is 9.78 Å². The molecule has 0 aliphatic carbocycles. The summed E-state index contributed by atoms with van der Waals surface area (Å²) in [5.41, 5.74) is 1.07. The largest absolute Gasteiger partial charge is 0.461 e. The predicted octanol–water partition coefficient (Wildman–Crippen LogP) is 3.86. The number of hydrogen-bond donors (Lipinski definition) is 1. The van der Waals surface area contributed by atoms with Crippen molar-refractivity contribution >= 4 is 34.9 Å². The summed E-state index contributed by atoms with van der Waals surface area (Å²) in [6, 6.07) is 11.8. The van der Waals surface area contributed by atoms with Crippen molar-refractivity contribution < 1.29 is 19.2 Å². The second-order valence-electron chi connectivity index (χ2n) is 5.79. The van der Waals surface area contributed by atoms with Crippen LogP contribution in [-0.2, 0) is 4.74 Å². The van der Waals surface area contributed by atoms with Crippen LogP contribution < -0.4 is 5.32 Å². The third kappa shape index (κ3) is 4.58. The number of rotatable bonds is 6. The molecule has 9 nitrogen and oxygen atoms in total. The molecule has 29 heavy (non-hydrogen) atoms. The van der Waals surface area contributed by atoms with E-state index < -0.39 is 16.8 Å². The summed E-state index contributed by atoms with van der Waals surface area (Å²) < 4.78 is 6.39. The summed E-state index contributed by atoms with van der Waals surface area (Å²) in [5, 5.41) is 17.8. The van der Waals surface area contributed by atoms with E-state index in [1.54, 1.807) is 37.4 Å². The molecule has 0 aliphatic heterocycles. The molecule has 0 saturated heterocycles. The van der Waals surface area contributed by atoms with Crippen molar-refractivity contribution in [3.63, 3.8) is 0 Å². The summed E-state index contributed by atoms with van der Waals surface area (Å²) in [5.74, 6) is -1.08. The number of esters is 1. The monoisotopic (exact) mass is 414 g/mol. The van der Waals surface area contributed by atoms with Crippen LogP contribution in [0, 0.1) is 10.1 Å². The summed E-state index contributed by atoms with van der Waals surface area (Å²) in [4.78, 5) is 34.4. The first-order chi connectivity index (χ1) is 13.9. The molecule has 0 atom stereocenters. The van der Waals surface area contributed by atoms with Gasteiger partial charge in [0.2, 0.25) is 0 Å². The van der Waals surface area contributed by atoms with Gasteiger partial charge in [0.25, 0.3) is 11.6 Å². The van der Waals surface area contributed by atoms with Crippen molar-refractivity contribution in [2.45, 2.75) is 6.92 Å². The van der Waals surface area contributed by atoms with E-state index in [0.29, 0.717) is 11.4 Å². The van der Waals surface area contributed by atoms with Gasteiger partial charge in [0.15, 0.2) is 5.69 Å². The molecule has 0 fully saturated rings. The standard InChI is InChI=1S/C19H15ClN4O5/c1-2-29-19(26)17-9-10-23(22-17)13-5-3-12(4-6-13)21-18(25)15-11-14(24(27)28)7-8-16(15)20/h3-11H,2H2,1H3,(H,21,25). The van der Waals surface area contributed by atoms with Crippen molar-refractivity contribution in [2.24, 2.45) is 0 Å². The SMILES string of the molecule is CCOC(=O)c1ccn(-c2ccc(NC(=O)c3cc([N+](=O)[O-])ccc3Cl)cc2)n1. The summed E-state index contributed by atoms with van der Waals surface area (Å²) in [6.45, 7) is 1.97. The molecule has 0 spiro atoms. The van der Waals surface area contributed by atoms with E-state index in [1.165, 1.54) is 22.9 Å². The molecule has 3 rings (SSSR count). The molecule has 1 aromatic heterocycles. The summed E-state index contributed by atoms with van der Waals surface area (Å²) >= 11 is 5.98. The lowest BCUT2D eigenvalue weighted by molar-refractivity contribution is -0.384. The van der Waals surface area contributed by atoms with E-state index in [2.05, 4.69) is 10.4 Å². The third-order valence-corrected chi connectivity index (χ3v) is 4.20. The fourth-order valence-corrected chi connectivity index (χ4v) is 2.68. The molecule has 1 heterocycles. The molecule has 148 valence electrons. The van der Waals surface area contributed by atoms with Crippen LogP contribution in [0.5, 0.6) is 0 Å².